The number of halogens is 1. The molecule has 0 spiro atoms. The molecule has 224 valence electrons. The van der Waals surface area contributed by atoms with Crippen LogP contribution in [0.4, 0.5) is 21.6 Å². The number of nitrogens with zero attached hydrogens (tertiary/aromatic N) is 5. The maximum absolute atomic E-state index is 14.1. The Labute approximate surface area is 245 Å². The predicted octanol–water partition coefficient (Wildman–Crippen LogP) is 4.05. The average molecular weight is 578 g/mol. The van der Waals surface area contributed by atoms with Gasteiger partial charge in [0.15, 0.2) is 17.2 Å². The summed E-state index contributed by atoms with van der Waals surface area (Å²) in [6.45, 7) is 1.91. The SMILES string of the molecule is CN1CCCC1CCNC(=O)CC1CCC(Nc2cc(NC3CC3)c3ncc(C(=O)Nc4ccncc4F)n3n2)CC1. The lowest BCUT2D eigenvalue weighted by atomic mass is 9.84. The number of anilines is 3. The summed E-state index contributed by atoms with van der Waals surface area (Å²) in [5.41, 5.74) is 1.60. The zero-order valence-corrected chi connectivity index (χ0v) is 24.1. The van der Waals surface area contributed by atoms with E-state index >= 15 is 0 Å². The minimum Gasteiger partial charge on any atom is -0.379 e. The van der Waals surface area contributed by atoms with E-state index in [2.05, 4.69) is 43.2 Å². The Balaban J connectivity index is 1.06. The summed E-state index contributed by atoms with van der Waals surface area (Å²) < 4.78 is 15.6. The third-order valence-corrected chi connectivity index (χ3v) is 8.80. The second-order valence-electron chi connectivity index (χ2n) is 12.0. The van der Waals surface area contributed by atoms with Gasteiger partial charge in [-0.3, -0.25) is 14.6 Å². The van der Waals surface area contributed by atoms with Gasteiger partial charge in [0.25, 0.3) is 5.91 Å². The highest BCUT2D eigenvalue weighted by molar-refractivity contribution is 6.03. The van der Waals surface area contributed by atoms with Crippen molar-refractivity contribution in [2.45, 2.75) is 82.3 Å². The van der Waals surface area contributed by atoms with Gasteiger partial charge in [-0.25, -0.2) is 13.9 Å². The van der Waals surface area contributed by atoms with Gasteiger partial charge in [-0.15, -0.1) is 5.10 Å². The van der Waals surface area contributed by atoms with Crippen molar-refractivity contribution in [3.63, 3.8) is 0 Å². The van der Waals surface area contributed by atoms with Crippen LogP contribution in [0.15, 0.2) is 30.7 Å². The normalized spacial score (nSPS) is 22.7. The van der Waals surface area contributed by atoms with E-state index in [9.17, 15) is 14.0 Å². The van der Waals surface area contributed by atoms with Crippen LogP contribution < -0.4 is 21.3 Å². The average Bonchev–Trinajstić information content (AvgIpc) is 3.53. The first kappa shape index (κ1) is 28.3. The zero-order valence-electron chi connectivity index (χ0n) is 24.1. The molecule has 0 radical (unpaired) electrons. The van der Waals surface area contributed by atoms with Gasteiger partial charge < -0.3 is 26.2 Å². The molecule has 1 aliphatic heterocycles. The first-order chi connectivity index (χ1) is 20.4. The van der Waals surface area contributed by atoms with Crippen LogP contribution in [0, 0.1) is 11.7 Å². The summed E-state index contributed by atoms with van der Waals surface area (Å²) in [6.07, 6.45) is 14.0. The summed E-state index contributed by atoms with van der Waals surface area (Å²) in [5.74, 6) is 0.0652. The van der Waals surface area contributed by atoms with Crippen LogP contribution in [0.2, 0.25) is 0 Å². The summed E-state index contributed by atoms with van der Waals surface area (Å²) in [5, 5.41) is 17.5. The summed E-state index contributed by atoms with van der Waals surface area (Å²) in [7, 11) is 2.17. The van der Waals surface area contributed by atoms with Crippen LogP contribution in [0.1, 0.15) is 74.7 Å². The number of imidazole rings is 1. The molecule has 12 heteroatoms. The van der Waals surface area contributed by atoms with E-state index in [1.807, 2.05) is 6.07 Å². The number of nitrogens with one attached hydrogen (secondary N) is 4. The summed E-state index contributed by atoms with van der Waals surface area (Å²) in [6, 6.07) is 4.55. The van der Waals surface area contributed by atoms with Gasteiger partial charge in [0.2, 0.25) is 5.91 Å². The van der Waals surface area contributed by atoms with Crippen molar-refractivity contribution in [3.8, 4) is 0 Å². The van der Waals surface area contributed by atoms with Crippen molar-refractivity contribution >= 4 is 34.7 Å². The molecule has 0 aromatic carbocycles. The standard InChI is InChI=1S/C30H40FN9O2/c1-39-14-2-3-22(39)10-13-33-28(41)15-19-4-6-21(7-5-19)36-27-16-25(35-20-8-9-20)29-34-18-26(40(29)38-27)30(42)37-24-11-12-32-17-23(24)31/h11-12,16-22,35H,2-10,13-15H2,1H3,(H,33,41)(H,36,38)(H,32,37,42). The molecule has 3 aromatic rings. The lowest BCUT2D eigenvalue weighted by molar-refractivity contribution is -0.122. The monoisotopic (exact) mass is 577 g/mol. The smallest absolute Gasteiger partial charge is 0.276 e. The Bertz CT molecular complexity index is 1420. The van der Waals surface area contributed by atoms with Crippen molar-refractivity contribution in [1.82, 2.24) is 29.8 Å². The van der Waals surface area contributed by atoms with E-state index in [1.165, 1.54) is 35.8 Å². The van der Waals surface area contributed by atoms with E-state index in [0.29, 0.717) is 35.9 Å². The van der Waals surface area contributed by atoms with Crippen molar-refractivity contribution in [2.75, 3.05) is 36.1 Å². The highest BCUT2D eigenvalue weighted by Gasteiger charge is 2.27. The van der Waals surface area contributed by atoms with Gasteiger partial charge in [-0.05, 0) is 83.4 Å². The number of rotatable bonds is 11. The van der Waals surface area contributed by atoms with Gasteiger partial charge in [-0.1, -0.05) is 0 Å². The minimum absolute atomic E-state index is 0.0439. The quantitative estimate of drug-likeness (QED) is 0.269. The van der Waals surface area contributed by atoms with Crippen molar-refractivity contribution < 1.29 is 14.0 Å². The Morgan fingerprint density at radius 1 is 1.02 bits per heavy atom. The number of carbonyl (C=O) groups excluding carboxylic acids is 2. The molecule has 42 heavy (non-hydrogen) atoms. The van der Waals surface area contributed by atoms with E-state index in [0.717, 1.165) is 69.9 Å². The topological polar surface area (TPSA) is 129 Å². The number of amides is 2. The second kappa shape index (κ2) is 12.6. The number of hydrogen-bond acceptors (Lipinski definition) is 8. The molecule has 11 nitrogen and oxygen atoms in total. The largest absolute Gasteiger partial charge is 0.379 e. The van der Waals surface area contributed by atoms with Gasteiger partial charge in [0.1, 0.15) is 5.82 Å². The lowest BCUT2D eigenvalue weighted by Gasteiger charge is -2.29. The molecular formula is C30H40FN9O2. The molecule has 2 amide bonds. The summed E-state index contributed by atoms with van der Waals surface area (Å²) >= 11 is 0. The van der Waals surface area contributed by atoms with E-state index in [-0.39, 0.29) is 23.3 Å². The molecule has 1 unspecified atom stereocenters. The van der Waals surface area contributed by atoms with Gasteiger partial charge in [0.05, 0.1) is 23.8 Å². The number of likely N-dealkylation sites (tertiary alicyclic amines) is 1. The third-order valence-electron chi connectivity index (χ3n) is 8.80. The Hall–Kier alpha value is -3.80. The van der Waals surface area contributed by atoms with Crippen molar-refractivity contribution in [1.29, 1.82) is 0 Å². The number of aromatic nitrogens is 4. The van der Waals surface area contributed by atoms with Crippen LogP contribution >= 0.6 is 0 Å². The van der Waals surface area contributed by atoms with Crippen molar-refractivity contribution in [2.24, 2.45) is 5.92 Å². The zero-order chi connectivity index (χ0) is 29.1. The van der Waals surface area contributed by atoms with Crippen molar-refractivity contribution in [3.05, 3.63) is 42.2 Å². The first-order valence-electron chi connectivity index (χ1n) is 15.2. The number of carbonyl (C=O) groups is 2. The predicted molar refractivity (Wildman–Crippen MR) is 159 cm³/mol. The molecule has 2 aliphatic carbocycles. The first-order valence-corrected chi connectivity index (χ1v) is 15.2. The molecule has 1 saturated heterocycles. The lowest BCUT2D eigenvalue weighted by Crippen LogP contribution is -2.33. The molecule has 2 saturated carbocycles. The van der Waals surface area contributed by atoms with Crippen LogP contribution in [0.3, 0.4) is 0 Å². The Morgan fingerprint density at radius 3 is 2.55 bits per heavy atom. The maximum Gasteiger partial charge on any atom is 0.276 e. The maximum atomic E-state index is 14.1. The fourth-order valence-corrected chi connectivity index (χ4v) is 6.19. The number of fused-ring (bicyclic) bond motifs is 1. The molecule has 4 N–H and O–H groups in total. The highest BCUT2D eigenvalue weighted by atomic mass is 19.1. The molecule has 3 aromatic heterocycles. The molecule has 1 atom stereocenters. The molecule has 3 aliphatic rings. The second-order valence-corrected chi connectivity index (χ2v) is 12.0. The third kappa shape index (κ3) is 6.80. The van der Waals surface area contributed by atoms with E-state index in [4.69, 9.17) is 5.10 Å². The van der Waals surface area contributed by atoms with Gasteiger partial charge >= 0.3 is 0 Å². The van der Waals surface area contributed by atoms with Gasteiger partial charge in [-0.2, -0.15) is 0 Å². The van der Waals surface area contributed by atoms with Crippen LogP contribution in [0.25, 0.3) is 5.65 Å². The fourth-order valence-electron chi connectivity index (χ4n) is 6.19. The molecular weight excluding hydrogens is 537 g/mol. The molecule has 0 bridgehead atoms. The highest BCUT2D eigenvalue weighted by Crippen LogP contribution is 2.31. The summed E-state index contributed by atoms with van der Waals surface area (Å²) in [4.78, 5) is 36.2. The van der Waals surface area contributed by atoms with Crippen LogP contribution in [0.5, 0.6) is 0 Å². The molecule has 4 heterocycles. The Kier molecular flexibility index (Phi) is 8.50. The fraction of sp³-hybridized carbons (Fsp3) is 0.567. The number of hydrogen-bond donors (Lipinski definition) is 4. The molecule has 6 rings (SSSR count). The van der Waals surface area contributed by atoms with Crippen LogP contribution in [-0.4, -0.2) is 74.6 Å². The van der Waals surface area contributed by atoms with Gasteiger partial charge in [0, 0.05) is 43.4 Å². The van der Waals surface area contributed by atoms with E-state index < -0.39 is 11.7 Å². The molecule has 3 fully saturated rings. The Morgan fingerprint density at radius 2 is 1.81 bits per heavy atom. The number of pyridine rings is 1. The van der Waals surface area contributed by atoms with Crippen LogP contribution in [-0.2, 0) is 4.79 Å². The van der Waals surface area contributed by atoms with E-state index in [1.54, 1.807) is 0 Å². The minimum atomic E-state index is -0.615.